The fraction of sp³-hybridized carbons (Fsp3) is 0.238. The molecule has 150 valence electrons. The van der Waals surface area contributed by atoms with Crippen LogP contribution in [0, 0.1) is 0 Å². The third-order valence-electron chi connectivity index (χ3n) is 4.36. The summed E-state index contributed by atoms with van der Waals surface area (Å²) in [5.41, 5.74) is 1.24. The molecule has 7 nitrogen and oxygen atoms in total. The molecule has 0 saturated heterocycles. The molecule has 1 amide bonds. The maximum absolute atomic E-state index is 12.6. The molecule has 3 aromatic rings. The lowest BCUT2D eigenvalue weighted by Gasteiger charge is -2.06. The lowest BCUT2D eigenvalue weighted by molar-refractivity contribution is -0.116. The highest BCUT2D eigenvalue weighted by atomic mass is 32.2. The molecular formula is C21H22N4O3S. The van der Waals surface area contributed by atoms with Gasteiger partial charge in [-0.25, -0.2) is 4.98 Å². The van der Waals surface area contributed by atoms with Crippen molar-refractivity contribution < 1.29 is 9.35 Å². The number of unbranched alkanes of at least 4 members (excludes halogenated alkanes) is 1. The monoisotopic (exact) mass is 410 g/mol. The third kappa shape index (κ3) is 5.75. The second-order valence-corrected chi connectivity index (χ2v) is 7.85. The molecule has 0 aliphatic heterocycles. The van der Waals surface area contributed by atoms with E-state index in [9.17, 15) is 14.1 Å². The van der Waals surface area contributed by atoms with Crippen molar-refractivity contribution in [3.63, 3.8) is 0 Å². The number of benzene rings is 1. The van der Waals surface area contributed by atoms with Crippen molar-refractivity contribution in [2.75, 3.05) is 12.8 Å². The van der Waals surface area contributed by atoms with E-state index in [0.29, 0.717) is 22.3 Å². The molecule has 0 aliphatic rings. The molecule has 2 aromatic heterocycles. The fourth-order valence-electron chi connectivity index (χ4n) is 2.80. The number of fused-ring (bicyclic) bond motifs is 1. The van der Waals surface area contributed by atoms with E-state index < -0.39 is 11.2 Å². The van der Waals surface area contributed by atoms with Crippen LogP contribution < -0.4 is 10.9 Å². The van der Waals surface area contributed by atoms with E-state index in [4.69, 9.17) is 0 Å². The van der Waals surface area contributed by atoms with E-state index >= 15 is 0 Å². The quantitative estimate of drug-likeness (QED) is 0.348. The summed E-state index contributed by atoms with van der Waals surface area (Å²) in [6.45, 7) is 0.548. The van der Waals surface area contributed by atoms with E-state index in [2.05, 4.69) is 15.3 Å². The van der Waals surface area contributed by atoms with Crippen LogP contribution in [-0.4, -0.2) is 37.8 Å². The van der Waals surface area contributed by atoms with Crippen molar-refractivity contribution >= 4 is 34.2 Å². The van der Waals surface area contributed by atoms with Gasteiger partial charge in [0.25, 0.3) is 5.56 Å². The Balaban J connectivity index is 1.54. The largest absolute Gasteiger partial charge is 0.612 e. The van der Waals surface area contributed by atoms with Crippen molar-refractivity contribution in [3.8, 4) is 0 Å². The van der Waals surface area contributed by atoms with Gasteiger partial charge in [0.1, 0.15) is 12.6 Å². The molecule has 1 N–H and O–H groups in total. The van der Waals surface area contributed by atoms with E-state index in [1.54, 1.807) is 30.7 Å². The number of aromatic nitrogens is 3. The maximum Gasteiger partial charge on any atom is 0.265 e. The SMILES string of the molecule is C[S+]([O-])c1ccc2ncn(C=CC(=O)NCCCCc3ccccn3)c(=O)c2c1. The summed E-state index contributed by atoms with van der Waals surface area (Å²) in [4.78, 5) is 33.6. The van der Waals surface area contributed by atoms with Gasteiger partial charge in [-0.05, 0) is 54.7 Å². The molecule has 0 fully saturated rings. The minimum atomic E-state index is -1.19. The number of rotatable bonds is 8. The first kappa shape index (κ1) is 20.8. The zero-order chi connectivity index (χ0) is 20.6. The average Bonchev–Trinajstić information content (AvgIpc) is 2.73. The lowest BCUT2D eigenvalue weighted by Crippen LogP contribution is -2.23. The molecule has 2 heterocycles. The summed E-state index contributed by atoms with van der Waals surface area (Å²) in [5, 5.41) is 3.16. The summed E-state index contributed by atoms with van der Waals surface area (Å²) in [5.74, 6) is -0.279. The number of hydrogen-bond donors (Lipinski definition) is 1. The van der Waals surface area contributed by atoms with Crippen LogP contribution in [-0.2, 0) is 22.4 Å². The standard InChI is InChI=1S/C21H22N4O3S/c1-29(28)17-8-9-19-18(14-17)21(27)25(15-24-19)13-10-20(26)23-12-5-3-7-16-6-2-4-11-22-16/h2,4,6,8-11,13-15H,3,5,7,12H2,1H3,(H,23,26). The van der Waals surface area contributed by atoms with Gasteiger partial charge in [-0.2, -0.15) is 0 Å². The van der Waals surface area contributed by atoms with E-state index in [0.717, 1.165) is 25.0 Å². The first-order valence-electron chi connectivity index (χ1n) is 9.25. The molecule has 0 saturated carbocycles. The smallest absolute Gasteiger partial charge is 0.265 e. The number of aryl methyl sites for hydroxylation is 1. The fourth-order valence-corrected chi connectivity index (χ4v) is 3.34. The number of carbonyl (C=O) groups is 1. The average molecular weight is 410 g/mol. The summed E-state index contributed by atoms with van der Waals surface area (Å²) < 4.78 is 12.9. The Hall–Kier alpha value is -2.97. The first-order chi connectivity index (χ1) is 14.0. The van der Waals surface area contributed by atoms with Crippen LogP contribution in [0.15, 0.2) is 64.7 Å². The number of nitrogens with zero attached hydrogens (tertiary/aromatic N) is 3. The zero-order valence-electron chi connectivity index (χ0n) is 16.1. The Labute approximate surface area is 171 Å². The molecule has 1 atom stereocenters. The molecule has 3 rings (SSSR count). The van der Waals surface area contributed by atoms with Gasteiger partial charge in [-0.15, -0.1) is 0 Å². The highest BCUT2D eigenvalue weighted by Crippen LogP contribution is 2.14. The van der Waals surface area contributed by atoms with Gasteiger partial charge in [-0.1, -0.05) is 6.07 Å². The van der Waals surface area contributed by atoms with E-state index in [-0.39, 0.29) is 11.5 Å². The van der Waals surface area contributed by atoms with Crippen molar-refractivity contribution in [3.05, 3.63) is 71.0 Å². The van der Waals surface area contributed by atoms with Gasteiger partial charge in [-0.3, -0.25) is 19.1 Å². The second kappa shape index (κ2) is 9.99. The Morgan fingerprint density at radius 1 is 1.24 bits per heavy atom. The van der Waals surface area contributed by atoms with Crippen molar-refractivity contribution in [1.29, 1.82) is 0 Å². The minimum Gasteiger partial charge on any atom is -0.612 e. The Morgan fingerprint density at radius 2 is 2.10 bits per heavy atom. The molecule has 8 heteroatoms. The van der Waals surface area contributed by atoms with Gasteiger partial charge < -0.3 is 9.87 Å². The number of pyridine rings is 1. The van der Waals surface area contributed by atoms with Crippen LogP contribution in [0.1, 0.15) is 18.5 Å². The first-order valence-corrected chi connectivity index (χ1v) is 10.8. The highest BCUT2D eigenvalue weighted by molar-refractivity contribution is 7.90. The van der Waals surface area contributed by atoms with Gasteiger partial charge in [0, 0.05) is 36.8 Å². The van der Waals surface area contributed by atoms with Crippen molar-refractivity contribution in [2.24, 2.45) is 0 Å². The van der Waals surface area contributed by atoms with Crippen LogP contribution in [0.3, 0.4) is 0 Å². The number of hydrogen-bond acceptors (Lipinski definition) is 5. The normalized spacial score (nSPS) is 12.3. The number of amides is 1. The van der Waals surface area contributed by atoms with E-state index in [1.165, 1.54) is 23.2 Å². The topological polar surface area (TPSA) is 99.9 Å². The third-order valence-corrected chi connectivity index (χ3v) is 5.28. The van der Waals surface area contributed by atoms with Crippen LogP contribution in [0.5, 0.6) is 0 Å². The summed E-state index contributed by atoms with van der Waals surface area (Å²) in [6.07, 6.45) is 10.0. The summed E-state index contributed by atoms with van der Waals surface area (Å²) in [6, 6.07) is 10.8. The molecular weight excluding hydrogens is 388 g/mol. The summed E-state index contributed by atoms with van der Waals surface area (Å²) in [7, 11) is 0. The van der Waals surface area contributed by atoms with Crippen molar-refractivity contribution in [1.82, 2.24) is 19.9 Å². The van der Waals surface area contributed by atoms with Gasteiger partial charge in [0.15, 0.2) is 4.90 Å². The van der Waals surface area contributed by atoms with Crippen LogP contribution in [0.2, 0.25) is 0 Å². The zero-order valence-corrected chi connectivity index (χ0v) is 16.9. The van der Waals surface area contributed by atoms with Crippen LogP contribution >= 0.6 is 0 Å². The molecule has 1 unspecified atom stereocenters. The van der Waals surface area contributed by atoms with Gasteiger partial charge in [0.05, 0.1) is 10.9 Å². The van der Waals surface area contributed by atoms with E-state index in [1.807, 2.05) is 18.2 Å². The molecule has 1 aromatic carbocycles. The van der Waals surface area contributed by atoms with Crippen LogP contribution in [0.25, 0.3) is 17.1 Å². The minimum absolute atomic E-state index is 0.279. The maximum atomic E-state index is 12.6. The van der Waals surface area contributed by atoms with Gasteiger partial charge in [0.2, 0.25) is 5.91 Å². The lowest BCUT2D eigenvalue weighted by atomic mass is 10.2. The Kier molecular flexibility index (Phi) is 7.15. The highest BCUT2D eigenvalue weighted by Gasteiger charge is 2.09. The molecule has 0 spiro atoms. The predicted molar refractivity (Wildman–Crippen MR) is 114 cm³/mol. The molecule has 29 heavy (non-hydrogen) atoms. The molecule has 0 aliphatic carbocycles. The van der Waals surface area contributed by atoms with Crippen molar-refractivity contribution in [2.45, 2.75) is 24.2 Å². The Bertz CT molecular complexity index is 1060. The summed E-state index contributed by atoms with van der Waals surface area (Å²) >= 11 is -1.19. The van der Waals surface area contributed by atoms with Gasteiger partial charge >= 0.3 is 0 Å². The number of carbonyl (C=O) groups excluding carboxylic acids is 1. The second-order valence-electron chi connectivity index (χ2n) is 6.48. The number of nitrogens with one attached hydrogen (secondary N) is 1. The molecule has 0 bridgehead atoms. The Morgan fingerprint density at radius 3 is 2.86 bits per heavy atom. The molecule has 0 radical (unpaired) electrons. The predicted octanol–water partition coefficient (Wildman–Crippen LogP) is 2.14. The van der Waals surface area contributed by atoms with Crippen LogP contribution in [0.4, 0.5) is 0 Å².